The first-order valence-corrected chi connectivity index (χ1v) is 13.5. The summed E-state index contributed by atoms with van der Waals surface area (Å²) in [6.07, 6.45) is 5.40. The summed E-state index contributed by atoms with van der Waals surface area (Å²) in [4.78, 5) is 15.7. The zero-order chi connectivity index (χ0) is 25.4. The Balaban J connectivity index is 1.59. The molecule has 7 nitrogen and oxygen atoms in total. The van der Waals surface area contributed by atoms with Crippen molar-refractivity contribution in [1.29, 1.82) is 0 Å². The third kappa shape index (κ3) is 5.74. The highest BCUT2D eigenvalue weighted by Gasteiger charge is 2.58. The number of aliphatic hydroxyl groups is 3. The Bertz CT molecular complexity index is 701. The Hall–Kier alpha value is -0.890. The van der Waals surface area contributed by atoms with Gasteiger partial charge in [0.2, 0.25) is 0 Å². The molecule has 1 aliphatic heterocycles. The minimum Gasteiger partial charge on any atom is -0.450 e. The number of β-amino-alcohol motifs (C(OH)–C–C–N with tert-alkyl or cyclic N) is 1. The van der Waals surface area contributed by atoms with Gasteiger partial charge in [-0.3, -0.25) is 4.90 Å². The minimum atomic E-state index is -1.23. The van der Waals surface area contributed by atoms with Crippen molar-refractivity contribution in [2.45, 2.75) is 104 Å². The quantitative estimate of drug-likeness (QED) is 0.513. The number of aliphatic hydroxyl groups excluding tert-OH is 1. The molecule has 3 rings (SSSR count). The van der Waals surface area contributed by atoms with Gasteiger partial charge in [0, 0.05) is 32.7 Å². The van der Waals surface area contributed by atoms with Crippen molar-refractivity contribution in [2.24, 2.45) is 22.7 Å². The van der Waals surface area contributed by atoms with Gasteiger partial charge >= 0.3 is 6.09 Å². The van der Waals surface area contributed by atoms with Crippen LogP contribution in [-0.2, 0) is 4.74 Å². The van der Waals surface area contributed by atoms with E-state index >= 15 is 0 Å². The molecule has 3 N–H and O–H groups in total. The molecule has 0 aromatic rings. The maximum atomic E-state index is 11.9. The first-order chi connectivity index (χ1) is 15.7. The van der Waals surface area contributed by atoms with Crippen LogP contribution in [0.25, 0.3) is 0 Å². The van der Waals surface area contributed by atoms with Crippen LogP contribution < -0.4 is 0 Å². The van der Waals surface area contributed by atoms with E-state index in [9.17, 15) is 20.1 Å². The molecule has 2 aliphatic carbocycles. The number of amides is 1. The number of piperazine rings is 1. The summed E-state index contributed by atoms with van der Waals surface area (Å²) in [6.45, 7) is 15.8. The summed E-state index contributed by atoms with van der Waals surface area (Å²) >= 11 is 0. The molecular formula is C27H50N2O5. The lowest BCUT2D eigenvalue weighted by Crippen LogP contribution is -2.58. The fourth-order valence-corrected chi connectivity index (χ4v) is 7.64. The highest BCUT2D eigenvalue weighted by Crippen LogP contribution is 2.63. The van der Waals surface area contributed by atoms with E-state index in [0.29, 0.717) is 58.1 Å². The van der Waals surface area contributed by atoms with Gasteiger partial charge in [-0.25, -0.2) is 4.79 Å². The maximum absolute atomic E-state index is 11.9. The molecule has 198 valence electrons. The first-order valence-electron chi connectivity index (χ1n) is 13.5. The second-order valence-electron chi connectivity index (χ2n) is 12.7. The van der Waals surface area contributed by atoms with Gasteiger partial charge in [-0.1, -0.05) is 27.2 Å². The molecule has 3 unspecified atom stereocenters. The maximum Gasteiger partial charge on any atom is 0.409 e. The number of hydrogen-bond acceptors (Lipinski definition) is 6. The zero-order valence-corrected chi connectivity index (χ0v) is 22.5. The van der Waals surface area contributed by atoms with Gasteiger partial charge in [-0.15, -0.1) is 0 Å². The van der Waals surface area contributed by atoms with Crippen molar-refractivity contribution >= 4 is 6.09 Å². The van der Waals surface area contributed by atoms with Crippen LogP contribution in [0.2, 0.25) is 0 Å². The van der Waals surface area contributed by atoms with E-state index in [1.807, 2.05) is 6.92 Å². The molecule has 2 saturated carbocycles. The third-order valence-corrected chi connectivity index (χ3v) is 9.75. The van der Waals surface area contributed by atoms with E-state index in [1.54, 1.807) is 18.7 Å². The van der Waals surface area contributed by atoms with Crippen molar-refractivity contribution in [3.05, 3.63) is 0 Å². The molecule has 34 heavy (non-hydrogen) atoms. The summed E-state index contributed by atoms with van der Waals surface area (Å²) in [5.41, 5.74) is -1.66. The molecule has 6 atom stereocenters. The van der Waals surface area contributed by atoms with E-state index in [1.165, 1.54) is 12.8 Å². The SMILES string of the molecule is CCOC(=O)N1CCN(CC(O)C(C)(O)CC[C@@H]2[C@@]3(C)CCCC(C)(C)C3CC[C@@]2(C)O)CC1. The summed E-state index contributed by atoms with van der Waals surface area (Å²) in [6, 6.07) is 0. The number of fused-ring (bicyclic) bond motifs is 1. The average molecular weight is 483 g/mol. The Morgan fingerprint density at radius 1 is 1.12 bits per heavy atom. The van der Waals surface area contributed by atoms with E-state index in [0.717, 1.165) is 19.3 Å². The van der Waals surface area contributed by atoms with Crippen molar-refractivity contribution in [2.75, 3.05) is 39.3 Å². The molecule has 0 spiro atoms. The lowest BCUT2D eigenvalue weighted by atomic mass is 9.45. The topological polar surface area (TPSA) is 93.5 Å². The molecule has 1 heterocycles. The molecule has 3 fully saturated rings. The standard InChI is InChI=1S/C27H50N2O5/c1-7-34-23(31)29-17-15-28(16-18-29)19-22(30)27(6,33)14-10-21-25(4)12-8-11-24(2,3)20(25)9-13-26(21,5)32/h20-22,30,32-33H,7-19H2,1-6H3/t20?,21-,22?,25+,26-,27?/m1/s1. The van der Waals surface area contributed by atoms with Crippen molar-refractivity contribution < 1.29 is 24.9 Å². The van der Waals surface area contributed by atoms with E-state index in [-0.39, 0.29) is 22.8 Å². The normalized spacial score (nSPS) is 36.9. The van der Waals surface area contributed by atoms with E-state index in [4.69, 9.17) is 4.74 Å². The average Bonchev–Trinajstić information content (AvgIpc) is 2.72. The molecule has 7 heteroatoms. The number of nitrogens with zero attached hydrogens (tertiary/aromatic N) is 2. The molecule has 0 bridgehead atoms. The zero-order valence-electron chi connectivity index (χ0n) is 22.5. The molecule has 0 aromatic carbocycles. The summed E-state index contributed by atoms with van der Waals surface area (Å²) in [7, 11) is 0. The predicted octanol–water partition coefficient (Wildman–Crippen LogP) is 3.65. The van der Waals surface area contributed by atoms with Crippen LogP contribution in [0.4, 0.5) is 4.79 Å². The Labute approximate surface area is 206 Å². The van der Waals surface area contributed by atoms with Crippen LogP contribution in [0.15, 0.2) is 0 Å². The number of rotatable bonds is 7. The summed E-state index contributed by atoms with van der Waals surface area (Å²) in [5, 5.41) is 33.7. The Morgan fingerprint density at radius 2 is 1.76 bits per heavy atom. The number of carbonyl (C=O) groups excluding carboxylic acids is 1. The molecule has 0 radical (unpaired) electrons. The van der Waals surface area contributed by atoms with Crippen LogP contribution in [0, 0.1) is 22.7 Å². The molecule has 1 saturated heterocycles. The third-order valence-electron chi connectivity index (χ3n) is 9.75. The largest absolute Gasteiger partial charge is 0.450 e. The van der Waals surface area contributed by atoms with Crippen LogP contribution in [0.5, 0.6) is 0 Å². The Kier molecular flexibility index (Phi) is 8.33. The molecule has 0 aromatic heterocycles. The van der Waals surface area contributed by atoms with Gasteiger partial charge in [-0.2, -0.15) is 0 Å². The number of hydrogen-bond donors (Lipinski definition) is 3. The van der Waals surface area contributed by atoms with Crippen molar-refractivity contribution in [3.8, 4) is 0 Å². The van der Waals surface area contributed by atoms with E-state index < -0.39 is 17.3 Å². The lowest BCUT2D eigenvalue weighted by molar-refractivity contribution is -0.176. The van der Waals surface area contributed by atoms with Crippen LogP contribution in [-0.4, -0.2) is 87.8 Å². The van der Waals surface area contributed by atoms with Crippen LogP contribution in [0.1, 0.15) is 86.5 Å². The lowest BCUT2D eigenvalue weighted by Gasteiger charge is -2.61. The molecule has 1 amide bonds. The fraction of sp³-hybridized carbons (Fsp3) is 0.963. The number of carbonyl (C=O) groups is 1. The van der Waals surface area contributed by atoms with Gasteiger partial charge in [0.1, 0.15) is 0 Å². The fourth-order valence-electron chi connectivity index (χ4n) is 7.64. The van der Waals surface area contributed by atoms with Crippen molar-refractivity contribution in [1.82, 2.24) is 9.80 Å². The molecule has 3 aliphatic rings. The summed E-state index contributed by atoms with van der Waals surface area (Å²) < 4.78 is 5.08. The molecular weight excluding hydrogens is 432 g/mol. The smallest absolute Gasteiger partial charge is 0.409 e. The number of ether oxygens (including phenoxy) is 1. The first kappa shape index (κ1) is 27.7. The van der Waals surface area contributed by atoms with Gasteiger partial charge in [0.05, 0.1) is 23.9 Å². The van der Waals surface area contributed by atoms with Crippen molar-refractivity contribution in [3.63, 3.8) is 0 Å². The highest BCUT2D eigenvalue weighted by molar-refractivity contribution is 5.67. The second kappa shape index (κ2) is 10.2. The second-order valence-corrected chi connectivity index (χ2v) is 12.7. The van der Waals surface area contributed by atoms with Crippen LogP contribution in [0.3, 0.4) is 0 Å². The van der Waals surface area contributed by atoms with Gasteiger partial charge < -0.3 is 25.0 Å². The predicted molar refractivity (Wildman–Crippen MR) is 133 cm³/mol. The van der Waals surface area contributed by atoms with Gasteiger partial charge in [0.25, 0.3) is 0 Å². The monoisotopic (exact) mass is 482 g/mol. The Morgan fingerprint density at radius 3 is 2.38 bits per heavy atom. The summed E-state index contributed by atoms with van der Waals surface area (Å²) in [5.74, 6) is 0.676. The minimum absolute atomic E-state index is 0.0496. The van der Waals surface area contributed by atoms with Gasteiger partial charge in [0.15, 0.2) is 0 Å². The highest BCUT2D eigenvalue weighted by atomic mass is 16.6. The van der Waals surface area contributed by atoms with Crippen LogP contribution >= 0.6 is 0 Å². The van der Waals surface area contributed by atoms with Gasteiger partial charge in [-0.05, 0) is 82.0 Å². The van der Waals surface area contributed by atoms with E-state index in [2.05, 4.69) is 25.7 Å².